The number of ether oxygens (including phenoxy) is 2. The molecule has 1 aromatic rings. The molecule has 20 heavy (non-hydrogen) atoms. The number of hydrogen-bond acceptors (Lipinski definition) is 4. The lowest BCUT2D eigenvalue weighted by Crippen LogP contribution is -2.38. The standard InChI is InChI=1S/C16H18O4/c1-12-7-9-16(11-17,10-8-12)20-15(18)13-3-5-14(19-2)6-4-13/h3-7,11H,8-10H2,1-2H3/t16-/m1/s1. The van der Waals surface area contributed by atoms with Gasteiger partial charge in [-0.2, -0.15) is 0 Å². The quantitative estimate of drug-likeness (QED) is 0.481. The van der Waals surface area contributed by atoms with E-state index >= 15 is 0 Å². The molecule has 1 atom stereocenters. The third-order valence-corrected chi connectivity index (χ3v) is 3.58. The van der Waals surface area contributed by atoms with E-state index in [9.17, 15) is 9.59 Å². The zero-order valence-electron chi connectivity index (χ0n) is 11.7. The van der Waals surface area contributed by atoms with E-state index in [0.717, 1.165) is 12.7 Å². The molecule has 1 aliphatic carbocycles. The molecule has 0 saturated carbocycles. The van der Waals surface area contributed by atoms with Gasteiger partial charge >= 0.3 is 5.97 Å². The first-order valence-corrected chi connectivity index (χ1v) is 6.58. The van der Waals surface area contributed by atoms with E-state index in [1.807, 2.05) is 13.0 Å². The highest BCUT2D eigenvalue weighted by Crippen LogP contribution is 2.30. The normalized spacial score (nSPS) is 21.8. The molecule has 0 heterocycles. The van der Waals surface area contributed by atoms with Gasteiger partial charge in [0.1, 0.15) is 5.75 Å². The first-order valence-electron chi connectivity index (χ1n) is 6.58. The third-order valence-electron chi connectivity index (χ3n) is 3.58. The van der Waals surface area contributed by atoms with E-state index in [1.165, 1.54) is 5.57 Å². The van der Waals surface area contributed by atoms with Crippen LogP contribution in [0.4, 0.5) is 0 Å². The first kappa shape index (κ1) is 14.3. The minimum Gasteiger partial charge on any atom is -0.497 e. The molecule has 0 N–H and O–H groups in total. The molecule has 0 saturated heterocycles. The first-order chi connectivity index (χ1) is 9.58. The zero-order chi connectivity index (χ0) is 14.6. The highest BCUT2D eigenvalue weighted by atomic mass is 16.6. The lowest BCUT2D eigenvalue weighted by molar-refractivity contribution is -0.126. The van der Waals surface area contributed by atoms with Crippen molar-refractivity contribution in [2.24, 2.45) is 0 Å². The van der Waals surface area contributed by atoms with Crippen LogP contribution < -0.4 is 4.74 Å². The van der Waals surface area contributed by atoms with Gasteiger partial charge in [0.2, 0.25) is 0 Å². The van der Waals surface area contributed by atoms with Gasteiger partial charge in [0.15, 0.2) is 11.9 Å². The van der Waals surface area contributed by atoms with Gasteiger partial charge in [-0.25, -0.2) is 4.79 Å². The molecule has 0 radical (unpaired) electrons. The van der Waals surface area contributed by atoms with Crippen molar-refractivity contribution in [3.63, 3.8) is 0 Å². The molecule has 0 bridgehead atoms. The lowest BCUT2D eigenvalue weighted by Gasteiger charge is -2.30. The van der Waals surface area contributed by atoms with Gasteiger partial charge < -0.3 is 9.47 Å². The van der Waals surface area contributed by atoms with Gasteiger partial charge in [0.25, 0.3) is 0 Å². The molecule has 0 spiro atoms. The summed E-state index contributed by atoms with van der Waals surface area (Å²) in [6.45, 7) is 2.01. The Hall–Kier alpha value is -2.10. The number of carbonyl (C=O) groups excluding carboxylic acids is 2. The molecular weight excluding hydrogens is 256 g/mol. The minimum absolute atomic E-state index is 0.415. The maximum Gasteiger partial charge on any atom is 0.339 e. The molecule has 0 aromatic heterocycles. The van der Waals surface area contributed by atoms with E-state index in [1.54, 1.807) is 31.4 Å². The van der Waals surface area contributed by atoms with Crippen molar-refractivity contribution in [1.29, 1.82) is 0 Å². The van der Waals surface area contributed by atoms with E-state index in [4.69, 9.17) is 9.47 Å². The van der Waals surface area contributed by atoms with E-state index in [2.05, 4.69) is 0 Å². The van der Waals surface area contributed by atoms with Gasteiger partial charge in [0.05, 0.1) is 12.7 Å². The van der Waals surface area contributed by atoms with E-state index in [-0.39, 0.29) is 0 Å². The van der Waals surface area contributed by atoms with Crippen LogP contribution in [0.15, 0.2) is 35.9 Å². The summed E-state index contributed by atoms with van der Waals surface area (Å²) in [4.78, 5) is 23.4. The Bertz CT molecular complexity index is 530. The SMILES string of the molecule is COc1ccc(C(=O)O[C@]2(C=O)CC=C(C)CC2)cc1. The molecule has 106 valence electrons. The van der Waals surface area contributed by atoms with Crippen molar-refractivity contribution in [1.82, 2.24) is 0 Å². The van der Waals surface area contributed by atoms with Crippen molar-refractivity contribution in [3.05, 3.63) is 41.5 Å². The van der Waals surface area contributed by atoms with Gasteiger partial charge in [-0.05, 0) is 44.0 Å². The van der Waals surface area contributed by atoms with E-state index in [0.29, 0.717) is 24.2 Å². The summed E-state index contributed by atoms with van der Waals surface area (Å²) in [5.74, 6) is 0.190. The molecule has 0 aliphatic heterocycles. The van der Waals surface area contributed by atoms with Crippen LogP contribution in [0, 0.1) is 0 Å². The molecule has 4 heteroatoms. The Balaban J connectivity index is 2.11. The van der Waals surface area contributed by atoms with Crippen molar-refractivity contribution < 1.29 is 19.1 Å². The average Bonchev–Trinajstić information content (AvgIpc) is 2.50. The van der Waals surface area contributed by atoms with Crippen LogP contribution in [0.2, 0.25) is 0 Å². The Kier molecular flexibility index (Phi) is 4.23. The summed E-state index contributed by atoms with van der Waals surface area (Å²) in [6.07, 6.45) is 4.47. The summed E-state index contributed by atoms with van der Waals surface area (Å²) >= 11 is 0. The number of rotatable bonds is 4. The number of aldehydes is 1. The summed E-state index contributed by atoms with van der Waals surface area (Å²) in [6, 6.07) is 6.64. The van der Waals surface area contributed by atoms with Crippen LogP contribution >= 0.6 is 0 Å². The molecule has 0 amide bonds. The monoisotopic (exact) mass is 274 g/mol. The molecule has 4 nitrogen and oxygen atoms in total. The van der Waals surface area contributed by atoms with Gasteiger partial charge in [-0.1, -0.05) is 11.6 Å². The minimum atomic E-state index is -1.02. The second-order valence-electron chi connectivity index (χ2n) is 5.06. The largest absolute Gasteiger partial charge is 0.497 e. The predicted molar refractivity (Wildman–Crippen MR) is 74.8 cm³/mol. The topological polar surface area (TPSA) is 52.6 Å². The highest BCUT2D eigenvalue weighted by molar-refractivity contribution is 5.91. The molecule has 1 aliphatic rings. The number of methoxy groups -OCH3 is 1. The molecule has 0 unspecified atom stereocenters. The summed E-state index contributed by atoms with van der Waals surface area (Å²) in [5, 5.41) is 0. The highest BCUT2D eigenvalue weighted by Gasteiger charge is 2.35. The fourth-order valence-electron chi connectivity index (χ4n) is 2.15. The smallest absolute Gasteiger partial charge is 0.339 e. The number of esters is 1. The van der Waals surface area contributed by atoms with E-state index < -0.39 is 11.6 Å². The fraction of sp³-hybridized carbons (Fsp3) is 0.375. The molecule has 2 rings (SSSR count). The zero-order valence-corrected chi connectivity index (χ0v) is 11.7. The van der Waals surface area contributed by atoms with Crippen molar-refractivity contribution >= 4 is 12.3 Å². The Morgan fingerprint density at radius 1 is 1.30 bits per heavy atom. The number of benzene rings is 1. The van der Waals surface area contributed by atoms with Crippen LogP contribution in [0.1, 0.15) is 36.5 Å². The van der Waals surface area contributed by atoms with Gasteiger partial charge in [-0.3, -0.25) is 4.79 Å². The van der Waals surface area contributed by atoms with Gasteiger partial charge in [0, 0.05) is 6.42 Å². The summed E-state index contributed by atoms with van der Waals surface area (Å²) in [7, 11) is 1.56. The molecular formula is C16H18O4. The summed E-state index contributed by atoms with van der Waals surface area (Å²) < 4.78 is 10.5. The lowest BCUT2D eigenvalue weighted by atomic mass is 9.87. The van der Waals surface area contributed by atoms with Crippen molar-refractivity contribution in [2.45, 2.75) is 31.8 Å². The van der Waals surface area contributed by atoms with Gasteiger partial charge in [-0.15, -0.1) is 0 Å². The second-order valence-corrected chi connectivity index (χ2v) is 5.06. The Morgan fingerprint density at radius 2 is 2.00 bits per heavy atom. The van der Waals surface area contributed by atoms with Crippen LogP contribution in [0.25, 0.3) is 0 Å². The van der Waals surface area contributed by atoms with Crippen LogP contribution in [0.3, 0.4) is 0 Å². The maximum absolute atomic E-state index is 12.1. The number of carbonyl (C=O) groups is 2. The number of allylic oxidation sites excluding steroid dienone is 1. The average molecular weight is 274 g/mol. The van der Waals surface area contributed by atoms with Crippen LogP contribution in [-0.4, -0.2) is 25.0 Å². The summed E-state index contributed by atoms with van der Waals surface area (Å²) in [5.41, 5.74) is 0.623. The van der Waals surface area contributed by atoms with Crippen molar-refractivity contribution in [2.75, 3.05) is 7.11 Å². The number of hydrogen-bond donors (Lipinski definition) is 0. The maximum atomic E-state index is 12.1. The third kappa shape index (κ3) is 3.07. The molecule has 0 fully saturated rings. The Morgan fingerprint density at radius 3 is 2.50 bits per heavy atom. The van der Waals surface area contributed by atoms with Crippen LogP contribution in [0.5, 0.6) is 5.75 Å². The second kappa shape index (κ2) is 5.90. The van der Waals surface area contributed by atoms with Crippen molar-refractivity contribution in [3.8, 4) is 5.75 Å². The predicted octanol–water partition coefficient (Wildman–Crippen LogP) is 2.92. The Labute approximate surface area is 118 Å². The molecule has 1 aromatic carbocycles. The van der Waals surface area contributed by atoms with Crippen LogP contribution in [-0.2, 0) is 9.53 Å². The fourth-order valence-corrected chi connectivity index (χ4v) is 2.15.